The molecule has 1 aliphatic rings. The lowest BCUT2D eigenvalue weighted by molar-refractivity contribution is -0.122. The monoisotopic (exact) mass is 418 g/mol. The molecule has 2 N–H and O–H groups in total. The molecule has 0 bridgehead atoms. The molecule has 1 heterocycles. The molecule has 7 nitrogen and oxygen atoms in total. The van der Waals surface area contributed by atoms with Crippen molar-refractivity contribution in [3.05, 3.63) is 70.6 Å². The first-order valence-electron chi connectivity index (χ1n) is 10.8. The van der Waals surface area contributed by atoms with Crippen LogP contribution in [0.4, 0.5) is 0 Å². The Bertz CT molecular complexity index is 1130. The summed E-state index contributed by atoms with van der Waals surface area (Å²) in [6, 6.07) is 15.8. The topological polar surface area (TPSA) is 93.1 Å². The van der Waals surface area contributed by atoms with E-state index in [4.69, 9.17) is 0 Å². The lowest BCUT2D eigenvalue weighted by atomic mass is 9.86. The highest BCUT2D eigenvalue weighted by atomic mass is 16.2. The first kappa shape index (κ1) is 20.8. The van der Waals surface area contributed by atoms with E-state index in [1.165, 1.54) is 36.8 Å². The van der Waals surface area contributed by atoms with Crippen LogP contribution >= 0.6 is 0 Å². The lowest BCUT2D eigenvalue weighted by Crippen LogP contribution is -2.42. The summed E-state index contributed by atoms with van der Waals surface area (Å²) >= 11 is 0. The lowest BCUT2D eigenvalue weighted by Gasteiger charge is -2.21. The van der Waals surface area contributed by atoms with Crippen LogP contribution in [0.3, 0.4) is 0 Å². The third-order valence-electron chi connectivity index (χ3n) is 5.84. The van der Waals surface area contributed by atoms with E-state index in [1.807, 2.05) is 6.07 Å². The van der Waals surface area contributed by atoms with Gasteiger partial charge in [-0.1, -0.05) is 68.5 Å². The Kier molecular flexibility index (Phi) is 6.40. The quantitative estimate of drug-likeness (QED) is 0.620. The van der Waals surface area contributed by atoms with Crippen molar-refractivity contribution in [1.82, 2.24) is 20.6 Å². The minimum atomic E-state index is -0.563. The van der Waals surface area contributed by atoms with E-state index in [1.54, 1.807) is 48.5 Å². The normalized spacial score (nSPS) is 14.3. The van der Waals surface area contributed by atoms with E-state index in [-0.39, 0.29) is 17.2 Å². The van der Waals surface area contributed by atoms with E-state index < -0.39 is 5.91 Å². The van der Waals surface area contributed by atoms with Gasteiger partial charge in [0.1, 0.15) is 0 Å². The van der Waals surface area contributed by atoms with Crippen LogP contribution in [0.5, 0.6) is 0 Å². The number of carbonyl (C=O) groups is 2. The van der Waals surface area contributed by atoms with Crippen molar-refractivity contribution in [2.75, 3.05) is 0 Å². The highest BCUT2D eigenvalue weighted by Crippen LogP contribution is 2.27. The smallest absolute Gasteiger partial charge is 0.273 e. The van der Waals surface area contributed by atoms with Crippen molar-refractivity contribution in [2.24, 2.45) is 5.92 Å². The van der Waals surface area contributed by atoms with E-state index in [2.05, 4.69) is 16.0 Å². The number of amides is 2. The minimum Gasteiger partial charge on any atom is -0.273 e. The van der Waals surface area contributed by atoms with E-state index >= 15 is 0 Å². The molecule has 0 atom stereocenters. The molecule has 4 rings (SSSR count). The van der Waals surface area contributed by atoms with Crippen LogP contribution < -0.4 is 16.4 Å². The standard InChI is InChI=1S/C24H26N4O3/c29-21(16-15-17-9-3-1-4-10-17)25-26-23(30)22-19-13-7-8-14-20(19)24(31)28(27-22)18-11-5-2-6-12-18/h2,5-8,11-14,17H,1,3-4,9-10,15-16H2,(H,25,29)(H,26,30). The number of para-hydroxylation sites is 1. The number of aromatic nitrogens is 2. The largest absolute Gasteiger partial charge is 0.290 e. The summed E-state index contributed by atoms with van der Waals surface area (Å²) in [6.07, 6.45) is 7.32. The summed E-state index contributed by atoms with van der Waals surface area (Å²) < 4.78 is 1.21. The first-order chi connectivity index (χ1) is 15.1. The van der Waals surface area contributed by atoms with Crippen LogP contribution in [0.1, 0.15) is 55.4 Å². The number of hydrogen-bond acceptors (Lipinski definition) is 4. The molecule has 160 valence electrons. The molecule has 1 aromatic heterocycles. The summed E-state index contributed by atoms with van der Waals surface area (Å²) in [5.41, 5.74) is 5.28. The van der Waals surface area contributed by atoms with Gasteiger partial charge >= 0.3 is 0 Å². The van der Waals surface area contributed by atoms with Gasteiger partial charge in [0.2, 0.25) is 5.91 Å². The van der Waals surface area contributed by atoms with Gasteiger partial charge in [-0.25, -0.2) is 0 Å². The highest BCUT2D eigenvalue weighted by molar-refractivity contribution is 6.05. The third kappa shape index (κ3) is 4.82. The molecule has 31 heavy (non-hydrogen) atoms. The van der Waals surface area contributed by atoms with Crippen molar-refractivity contribution in [3.63, 3.8) is 0 Å². The Morgan fingerprint density at radius 3 is 2.32 bits per heavy atom. The summed E-state index contributed by atoms with van der Waals surface area (Å²) in [6.45, 7) is 0. The maximum atomic E-state index is 12.9. The molecule has 0 aliphatic heterocycles. The number of nitrogens with one attached hydrogen (secondary N) is 2. The fourth-order valence-corrected chi connectivity index (χ4v) is 4.16. The zero-order chi connectivity index (χ0) is 21.6. The number of benzene rings is 2. The van der Waals surface area contributed by atoms with Crippen molar-refractivity contribution in [3.8, 4) is 5.69 Å². The number of fused-ring (bicyclic) bond motifs is 1. The SMILES string of the molecule is O=C(CCC1CCCCC1)NNC(=O)c1nn(-c2ccccc2)c(=O)c2ccccc12. The molecule has 2 aromatic carbocycles. The molecule has 0 unspecified atom stereocenters. The molecule has 0 spiro atoms. The summed E-state index contributed by atoms with van der Waals surface area (Å²) in [4.78, 5) is 38.0. The molecular weight excluding hydrogens is 392 g/mol. The Labute approximate surface area is 180 Å². The van der Waals surface area contributed by atoms with Crippen LogP contribution in [-0.2, 0) is 4.79 Å². The Hall–Kier alpha value is -3.48. The summed E-state index contributed by atoms with van der Waals surface area (Å²) in [7, 11) is 0. The number of rotatable bonds is 5. The van der Waals surface area contributed by atoms with Gasteiger partial charge in [-0.3, -0.25) is 25.2 Å². The van der Waals surface area contributed by atoms with Gasteiger partial charge in [-0.2, -0.15) is 9.78 Å². The maximum absolute atomic E-state index is 12.9. The predicted octanol–water partition coefficient (Wildman–Crippen LogP) is 3.51. The zero-order valence-electron chi connectivity index (χ0n) is 17.3. The van der Waals surface area contributed by atoms with E-state index in [0.29, 0.717) is 28.8 Å². The molecular formula is C24H26N4O3. The number of hydrogen-bond donors (Lipinski definition) is 2. The van der Waals surface area contributed by atoms with Crippen LogP contribution in [0.2, 0.25) is 0 Å². The second kappa shape index (κ2) is 9.55. The summed E-state index contributed by atoms with van der Waals surface area (Å²) in [5.74, 6) is -0.193. The fourth-order valence-electron chi connectivity index (χ4n) is 4.16. The number of hydrazine groups is 1. The van der Waals surface area contributed by atoms with Crippen molar-refractivity contribution in [2.45, 2.75) is 44.9 Å². The van der Waals surface area contributed by atoms with Gasteiger partial charge in [-0.05, 0) is 30.5 Å². The molecule has 1 fully saturated rings. The number of carbonyl (C=O) groups excluding carboxylic acids is 2. The van der Waals surface area contributed by atoms with Gasteiger partial charge in [-0.15, -0.1) is 0 Å². The molecule has 2 amide bonds. The van der Waals surface area contributed by atoms with Crippen LogP contribution in [0, 0.1) is 5.92 Å². The third-order valence-corrected chi connectivity index (χ3v) is 5.84. The second-order valence-electron chi connectivity index (χ2n) is 7.99. The predicted molar refractivity (Wildman–Crippen MR) is 119 cm³/mol. The second-order valence-corrected chi connectivity index (χ2v) is 7.99. The van der Waals surface area contributed by atoms with E-state index in [0.717, 1.165) is 6.42 Å². The van der Waals surface area contributed by atoms with Crippen LogP contribution in [-0.4, -0.2) is 21.6 Å². The van der Waals surface area contributed by atoms with Crippen LogP contribution in [0.15, 0.2) is 59.4 Å². The average molecular weight is 418 g/mol. The average Bonchev–Trinajstić information content (AvgIpc) is 2.83. The van der Waals surface area contributed by atoms with Gasteiger partial charge < -0.3 is 0 Å². The molecule has 7 heteroatoms. The van der Waals surface area contributed by atoms with Crippen molar-refractivity contribution >= 4 is 22.6 Å². The molecule has 0 radical (unpaired) electrons. The van der Waals surface area contributed by atoms with Gasteiger partial charge in [0.15, 0.2) is 5.69 Å². The van der Waals surface area contributed by atoms with Gasteiger partial charge in [0.05, 0.1) is 11.1 Å². The minimum absolute atomic E-state index is 0.0756. The molecule has 1 saturated carbocycles. The highest BCUT2D eigenvalue weighted by Gasteiger charge is 2.19. The number of nitrogens with zero attached hydrogens (tertiary/aromatic N) is 2. The molecule has 1 aliphatic carbocycles. The van der Waals surface area contributed by atoms with Gasteiger partial charge in [0.25, 0.3) is 11.5 Å². The zero-order valence-corrected chi connectivity index (χ0v) is 17.3. The van der Waals surface area contributed by atoms with Crippen molar-refractivity contribution < 1.29 is 9.59 Å². The van der Waals surface area contributed by atoms with Gasteiger partial charge in [0, 0.05) is 11.8 Å². The fraction of sp³-hybridized carbons (Fsp3) is 0.333. The Morgan fingerprint density at radius 1 is 0.903 bits per heavy atom. The first-order valence-corrected chi connectivity index (χ1v) is 10.8. The summed E-state index contributed by atoms with van der Waals surface area (Å²) in [5, 5.41) is 5.13. The Morgan fingerprint density at radius 2 is 1.58 bits per heavy atom. The Balaban J connectivity index is 1.51. The van der Waals surface area contributed by atoms with Crippen LogP contribution in [0.25, 0.3) is 16.5 Å². The van der Waals surface area contributed by atoms with Crippen molar-refractivity contribution in [1.29, 1.82) is 0 Å². The molecule has 0 saturated heterocycles. The van der Waals surface area contributed by atoms with E-state index in [9.17, 15) is 14.4 Å². The maximum Gasteiger partial charge on any atom is 0.290 e. The molecule has 3 aromatic rings.